The highest BCUT2D eigenvalue weighted by Crippen LogP contribution is 2.12. The number of hydroxylamine groups is 2. The van der Waals surface area contributed by atoms with Gasteiger partial charge in [0.1, 0.15) is 0 Å². The molecule has 21 heavy (non-hydrogen) atoms. The Hall–Kier alpha value is -2.00. The van der Waals surface area contributed by atoms with Gasteiger partial charge in [-0.05, 0) is 0 Å². The second-order valence-electron chi connectivity index (χ2n) is 4.16. The fourth-order valence-electron chi connectivity index (χ4n) is 1.44. The number of hydrogen-bond acceptors (Lipinski definition) is 7. The van der Waals surface area contributed by atoms with Crippen molar-refractivity contribution in [3.8, 4) is 0 Å². The molecular formula is C12H17NO8. The summed E-state index contributed by atoms with van der Waals surface area (Å²) in [5.41, 5.74) is 0. The van der Waals surface area contributed by atoms with Gasteiger partial charge in [0.15, 0.2) is 0 Å². The number of carbonyl (C=O) groups excluding carboxylic acids is 3. The van der Waals surface area contributed by atoms with Crippen molar-refractivity contribution in [3.63, 3.8) is 0 Å². The maximum atomic E-state index is 11.4. The van der Waals surface area contributed by atoms with Crippen LogP contribution in [0.15, 0.2) is 0 Å². The molecule has 0 aliphatic carbocycles. The van der Waals surface area contributed by atoms with Crippen molar-refractivity contribution in [2.24, 2.45) is 0 Å². The van der Waals surface area contributed by atoms with Crippen LogP contribution in [-0.4, -0.2) is 60.4 Å². The highest BCUT2D eigenvalue weighted by Gasteiger charge is 2.32. The molecule has 1 rings (SSSR count). The molecule has 0 atom stereocenters. The number of imide groups is 1. The molecule has 0 spiro atoms. The van der Waals surface area contributed by atoms with Crippen LogP contribution in [0.1, 0.15) is 25.7 Å². The third kappa shape index (κ3) is 6.82. The minimum Gasteiger partial charge on any atom is -0.481 e. The van der Waals surface area contributed by atoms with Gasteiger partial charge in [-0.15, -0.1) is 5.06 Å². The van der Waals surface area contributed by atoms with Gasteiger partial charge in [-0.1, -0.05) is 0 Å². The van der Waals surface area contributed by atoms with E-state index in [9.17, 15) is 19.2 Å². The number of nitrogens with zero attached hydrogens (tertiary/aromatic N) is 1. The Balaban J connectivity index is 2.00. The van der Waals surface area contributed by atoms with E-state index in [-0.39, 0.29) is 52.1 Å². The van der Waals surface area contributed by atoms with Crippen LogP contribution in [0.4, 0.5) is 0 Å². The first-order valence-electron chi connectivity index (χ1n) is 6.44. The molecule has 0 saturated carbocycles. The van der Waals surface area contributed by atoms with E-state index in [1.54, 1.807) is 0 Å². The lowest BCUT2D eigenvalue weighted by Crippen LogP contribution is -2.32. The quantitative estimate of drug-likeness (QED) is 0.423. The van der Waals surface area contributed by atoms with Crippen LogP contribution < -0.4 is 0 Å². The van der Waals surface area contributed by atoms with Gasteiger partial charge in [-0.25, -0.2) is 4.79 Å². The van der Waals surface area contributed by atoms with Gasteiger partial charge in [0.25, 0.3) is 11.8 Å². The number of ether oxygens (including phenoxy) is 2. The highest BCUT2D eigenvalue weighted by atomic mass is 16.7. The summed E-state index contributed by atoms with van der Waals surface area (Å²) in [6, 6.07) is 0. The fraction of sp³-hybridized carbons (Fsp3) is 0.667. The molecule has 0 aromatic heterocycles. The van der Waals surface area contributed by atoms with E-state index in [1.165, 1.54) is 0 Å². The Morgan fingerprint density at radius 2 is 1.48 bits per heavy atom. The first-order chi connectivity index (χ1) is 10.0. The zero-order valence-electron chi connectivity index (χ0n) is 11.4. The summed E-state index contributed by atoms with van der Waals surface area (Å²) in [6.07, 6.45) is -0.0804. The maximum absolute atomic E-state index is 11.4. The molecule has 1 heterocycles. The first kappa shape index (κ1) is 17.1. The number of carboxylic acids is 1. The van der Waals surface area contributed by atoms with Crippen LogP contribution in [0.25, 0.3) is 0 Å². The molecule has 0 radical (unpaired) electrons. The largest absolute Gasteiger partial charge is 0.481 e. The lowest BCUT2D eigenvalue weighted by Gasteiger charge is -2.12. The molecule has 1 aliphatic heterocycles. The summed E-state index contributed by atoms with van der Waals surface area (Å²) < 4.78 is 10.0. The van der Waals surface area contributed by atoms with E-state index in [2.05, 4.69) is 4.84 Å². The molecule has 1 aliphatic rings. The normalized spacial score (nSPS) is 14.6. The van der Waals surface area contributed by atoms with E-state index in [0.29, 0.717) is 5.06 Å². The van der Waals surface area contributed by atoms with Crippen LogP contribution in [0.3, 0.4) is 0 Å². The summed E-state index contributed by atoms with van der Waals surface area (Å²) in [4.78, 5) is 48.5. The van der Waals surface area contributed by atoms with Gasteiger partial charge in [0, 0.05) is 12.8 Å². The van der Waals surface area contributed by atoms with Crippen molar-refractivity contribution in [1.29, 1.82) is 0 Å². The number of aliphatic carboxylic acids is 1. The topological polar surface area (TPSA) is 119 Å². The Bertz CT molecular complexity index is 392. The van der Waals surface area contributed by atoms with Gasteiger partial charge < -0.3 is 19.4 Å². The molecule has 0 unspecified atom stereocenters. The minimum absolute atomic E-state index is 0.0519. The first-order valence-corrected chi connectivity index (χ1v) is 6.44. The van der Waals surface area contributed by atoms with Crippen molar-refractivity contribution in [2.75, 3.05) is 26.4 Å². The summed E-state index contributed by atoms with van der Waals surface area (Å²) >= 11 is 0. The number of carboxylic acid groups (broad SMARTS) is 1. The zero-order valence-corrected chi connectivity index (χ0v) is 11.4. The van der Waals surface area contributed by atoms with Crippen molar-refractivity contribution < 1.29 is 38.6 Å². The smallest absolute Gasteiger partial charge is 0.335 e. The highest BCUT2D eigenvalue weighted by molar-refractivity contribution is 6.01. The predicted octanol–water partition coefficient (Wildman–Crippen LogP) is -0.508. The lowest BCUT2D eigenvalue weighted by atomic mass is 10.4. The van der Waals surface area contributed by atoms with E-state index in [0.717, 1.165) is 0 Å². The van der Waals surface area contributed by atoms with Crippen molar-refractivity contribution in [2.45, 2.75) is 25.7 Å². The predicted molar refractivity (Wildman–Crippen MR) is 65.7 cm³/mol. The van der Waals surface area contributed by atoms with Gasteiger partial charge in [0.05, 0.1) is 39.3 Å². The van der Waals surface area contributed by atoms with Gasteiger partial charge in [-0.2, -0.15) is 0 Å². The Labute approximate surface area is 120 Å². The molecule has 1 fully saturated rings. The molecule has 0 bridgehead atoms. The molecule has 9 nitrogen and oxygen atoms in total. The SMILES string of the molecule is O=C(O)CCOCCOCCC(=O)ON1C(=O)CCC1=O. The van der Waals surface area contributed by atoms with Crippen molar-refractivity contribution in [3.05, 3.63) is 0 Å². The van der Waals surface area contributed by atoms with Crippen LogP contribution in [-0.2, 0) is 33.5 Å². The summed E-state index contributed by atoms with van der Waals surface area (Å²) in [5.74, 6) is -2.72. The third-order valence-corrected chi connectivity index (χ3v) is 2.48. The molecule has 2 amide bonds. The molecule has 0 aromatic carbocycles. The standard InChI is InChI=1S/C12H17NO8/c14-9-1-2-10(15)13(9)21-12(18)4-6-20-8-7-19-5-3-11(16)17/h1-8H2,(H,16,17). The van der Waals surface area contributed by atoms with Crippen LogP contribution in [0.2, 0.25) is 0 Å². The Morgan fingerprint density at radius 1 is 0.952 bits per heavy atom. The number of carbonyl (C=O) groups is 4. The van der Waals surface area contributed by atoms with E-state index in [4.69, 9.17) is 14.6 Å². The minimum atomic E-state index is -0.940. The van der Waals surface area contributed by atoms with Crippen LogP contribution in [0, 0.1) is 0 Å². The molecule has 118 valence electrons. The van der Waals surface area contributed by atoms with E-state index in [1.807, 2.05) is 0 Å². The molecule has 9 heteroatoms. The van der Waals surface area contributed by atoms with Crippen molar-refractivity contribution >= 4 is 23.8 Å². The monoisotopic (exact) mass is 303 g/mol. The van der Waals surface area contributed by atoms with Gasteiger partial charge >= 0.3 is 11.9 Å². The molecular weight excluding hydrogens is 286 g/mol. The molecule has 1 saturated heterocycles. The second kappa shape index (κ2) is 9.03. The average molecular weight is 303 g/mol. The Morgan fingerprint density at radius 3 is 2.00 bits per heavy atom. The third-order valence-electron chi connectivity index (χ3n) is 2.48. The molecule has 0 aromatic rings. The Kier molecular flexibility index (Phi) is 7.33. The number of amides is 2. The van der Waals surface area contributed by atoms with Crippen LogP contribution in [0.5, 0.6) is 0 Å². The van der Waals surface area contributed by atoms with E-state index < -0.39 is 23.8 Å². The molecule has 1 N–H and O–H groups in total. The summed E-state index contributed by atoms with van der Waals surface area (Å²) in [6.45, 7) is 0.567. The second-order valence-corrected chi connectivity index (χ2v) is 4.16. The maximum Gasteiger partial charge on any atom is 0.335 e. The van der Waals surface area contributed by atoms with Gasteiger partial charge in [-0.3, -0.25) is 14.4 Å². The van der Waals surface area contributed by atoms with E-state index >= 15 is 0 Å². The van der Waals surface area contributed by atoms with Crippen LogP contribution >= 0.6 is 0 Å². The number of hydrogen-bond donors (Lipinski definition) is 1. The number of rotatable bonds is 10. The van der Waals surface area contributed by atoms with Crippen molar-refractivity contribution in [1.82, 2.24) is 5.06 Å². The summed E-state index contributed by atoms with van der Waals surface area (Å²) in [7, 11) is 0. The summed E-state index contributed by atoms with van der Waals surface area (Å²) in [5, 5.41) is 8.84. The lowest BCUT2D eigenvalue weighted by molar-refractivity contribution is -0.198. The zero-order chi connectivity index (χ0) is 15.7. The fourth-order valence-corrected chi connectivity index (χ4v) is 1.44. The average Bonchev–Trinajstić information content (AvgIpc) is 2.73. The van der Waals surface area contributed by atoms with Gasteiger partial charge in [0.2, 0.25) is 0 Å².